The molecule has 0 amide bonds. The van der Waals surface area contributed by atoms with E-state index in [4.69, 9.17) is 9.47 Å². The molecule has 0 unspecified atom stereocenters. The number of piperidine rings is 1. The number of nitrogens with zero attached hydrogens (tertiary/aromatic N) is 1. The zero-order valence-electron chi connectivity index (χ0n) is 34.1. The van der Waals surface area contributed by atoms with Crippen molar-refractivity contribution < 1.29 is 37.7 Å². The molecule has 0 aromatic heterocycles. The van der Waals surface area contributed by atoms with Crippen LogP contribution in [0.3, 0.4) is 0 Å². The van der Waals surface area contributed by atoms with Gasteiger partial charge in [-0.1, -0.05) is 46.8 Å². The van der Waals surface area contributed by atoms with Crippen LogP contribution < -0.4 is 0 Å². The first-order valence-electron chi connectivity index (χ1n) is 20.9. The number of carbonyl (C=O) groups excluding carboxylic acids is 2. The molecule has 6 rings (SSSR count). The normalized spacial score (nSPS) is 41.9. The first kappa shape index (κ1) is 40.6. The van der Waals surface area contributed by atoms with E-state index in [0.717, 1.165) is 51.4 Å². The van der Waals surface area contributed by atoms with E-state index in [9.17, 15) is 28.3 Å². The van der Waals surface area contributed by atoms with Gasteiger partial charge in [0.1, 0.15) is 6.10 Å². The Kier molecular flexibility index (Phi) is 10.6. The molecule has 1 N–H and O–H groups in total. The van der Waals surface area contributed by atoms with Crippen molar-refractivity contribution in [2.24, 2.45) is 62.1 Å². The maximum Gasteiger partial charge on any atom is 0.320 e. The summed E-state index contributed by atoms with van der Waals surface area (Å²) in [6.07, 6.45) is 11.1. The molecule has 0 aromatic carbocycles. The van der Waals surface area contributed by atoms with Crippen LogP contribution in [0.4, 0.5) is 8.78 Å². The van der Waals surface area contributed by atoms with E-state index in [1.54, 1.807) is 18.7 Å². The second-order valence-corrected chi connectivity index (χ2v) is 20.9. The lowest BCUT2D eigenvalue weighted by Gasteiger charge is -2.73. The van der Waals surface area contributed by atoms with Crippen LogP contribution in [0.5, 0.6) is 0 Å². The van der Waals surface area contributed by atoms with E-state index < -0.39 is 23.3 Å². The standard InChI is InChI=1S/C44H69F2NO6/c1-28(2)29-12-17-43(22-25-52-35(49)27-47-23-20-44(45,46)21-24-47)19-18-41(8)30(36(29)43)10-11-32-40(7)15-14-33(53-34(48)26-38(3,4)37(50)51)39(5,6)31(40)13-16-42(32,41)9/h29-33,36H,1,10-27H2,2-9H3,(H,50,51)/t29-,30+,31-,32+,33-,36+,40-,41+,42+,43+/m0/s1. The van der Waals surface area contributed by atoms with Gasteiger partial charge in [0.25, 0.3) is 5.92 Å². The number of rotatable bonds is 10. The average Bonchev–Trinajstić information content (AvgIpc) is 3.43. The Hall–Kier alpha value is -2.03. The molecule has 9 heteroatoms. The molecule has 53 heavy (non-hydrogen) atoms. The summed E-state index contributed by atoms with van der Waals surface area (Å²) >= 11 is 0. The molecule has 6 aliphatic rings. The number of likely N-dealkylation sites (tertiary alicyclic amines) is 1. The second-order valence-electron chi connectivity index (χ2n) is 20.9. The molecule has 1 saturated heterocycles. The van der Waals surface area contributed by atoms with Gasteiger partial charge >= 0.3 is 17.9 Å². The minimum absolute atomic E-state index is 0.0873. The fourth-order valence-electron chi connectivity index (χ4n) is 14.2. The van der Waals surface area contributed by atoms with Gasteiger partial charge in [0.15, 0.2) is 0 Å². The van der Waals surface area contributed by atoms with Crippen molar-refractivity contribution in [3.05, 3.63) is 12.2 Å². The van der Waals surface area contributed by atoms with E-state index in [2.05, 4.69) is 48.1 Å². The Morgan fingerprint density at radius 1 is 0.830 bits per heavy atom. The van der Waals surface area contributed by atoms with Crippen molar-refractivity contribution in [3.63, 3.8) is 0 Å². The first-order valence-corrected chi connectivity index (χ1v) is 20.9. The molecule has 1 aliphatic heterocycles. The summed E-state index contributed by atoms with van der Waals surface area (Å²) in [7, 11) is 0. The van der Waals surface area contributed by atoms with Gasteiger partial charge in [0.05, 0.1) is 25.0 Å². The Balaban J connectivity index is 1.16. The van der Waals surface area contributed by atoms with Crippen LogP contribution in [-0.2, 0) is 23.9 Å². The molecule has 1 heterocycles. The molecule has 0 bridgehead atoms. The number of ether oxygens (including phenoxy) is 2. The highest BCUT2D eigenvalue weighted by Crippen LogP contribution is 2.78. The van der Waals surface area contributed by atoms with Gasteiger partial charge in [-0.3, -0.25) is 19.3 Å². The van der Waals surface area contributed by atoms with E-state index in [0.29, 0.717) is 36.2 Å². The maximum absolute atomic E-state index is 13.7. The Labute approximate surface area is 317 Å². The van der Waals surface area contributed by atoms with Crippen molar-refractivity contribution in [2.45, 2.75) is 157 Å². The van der Waals surface area contributed by atoms with E-state index in [-0.39, 0.29) is 78.0 Å². The highest BCUT2D eigenvalue weighted by atomic mass is 19.3. The molecular formula is C44H69F2NO6. The summed E-state index contributed by atoms with van der Waals surface area (Å²) in [5.74, 6) is -1.83. The Bertz CT molecular complexity index is 1450. The number of allylic oxidation sites excluding steroid dienone is 1. The summed E-state index contributed by atoms with van der Waals surface area (Å²) in [5, 5.41) is 9.60. The maximum atomic E-state index is 13.7. The number of carbonyl (C=O) groups is 3. The van der Waals surface area contributed by atoms with E-state index >= 15 is 0 Å². The van der Waals surface area contributed by atoms with Crippen LogP contribution in [-0.4, -0.2) is 66.2 Å². The molecule has 10 atom stereocenters. The smallest absolute Gasteiger partial charge is 0.320 e. The number of carboxylic acids is 1. The molecule has 300 valence electrons. The van der Waals surface area contributed by atoms with Gasteiger partial charge in [-0.2, -0.15) is 0 Å². The zero-order chi connectivity index (χ0) is 39.0. The van der Waals surface area contributed by atoms with Crippen LogP contribution in [0.1, 0.15) is 145 Å². The fraction of sp³-hybridized carbons (Fsp3) is 0.886. The van der Waals surface area contributed by atoms with Gasteiger partial charge in [-0.15, -0.1) is 0 Å². The van der Waals surface area contributed by atoms with Crippen LogP contribution in [0, 0.1) is 62.1 Å². The Morgan fingerprint density at radius 3 is 2.15 bits per heavy atom. The molecule has 7 nitrogen and oxygen atoms in total. The Morgan fingerprint density at radius 2 is 1.51 bits per heavy atom. The molecule has 0 spiro atoms. The number of esters is 2. The highest BCUT2D eigenvalue weighted by molar-refractivity contribution is 5.81. The lowest BCUT2D eigenvalue weighted by molar-refractivity contribution is -0.251. The molecule has 0 radical (unpaired) electrons. The third-order valence-electron chi connectivity index (χ3n) is 17.4. The van der Waals surface area contributed by atoms with Crippen molar-refractivity contribution in [3.8, 4) is 0 Å². The lowest BCUT2D eigenvalue weighted by atomic mass is 9.32. The molecule has 6 fully saturated rings. The lowest BCUT2D eigenvalue weighted by Crippen LogP contribution is -2.66. The topological polar surface area (TPSA) is 93.1 Å². The zero-order valence-corrected chi connectivity index (χ0v) is 34.1. The quantitative estimate of drug-likeness (QED) is 0.176. The van der Waals surface area contributed by atoms with Crippen LogP contribution in [0.2, 0.25) is 0 Å². The van der Waals surface area contributed by atoms with Crippen molar-refractivity contribution in [1.29, 1.82) is 0 Å². The third kappa shape index (κ3) is 6.91. The second kappa shape index (κ2) is 13.9. The molecule has 5 saturated carbocycles. The monoisotopic (exact) mass is 746 g/mol. The fourth-order valence-corrected chi connectivity index (χ4v) is 14.2. The van der Waals surface area contributed by atoms with Crippen molar-refractivity contribution >= 4 is 17.9 Å². The summed E-state index contributed by atoms with van der Waals surface area (Å²) in [6.45, 7) is 23.2. The number of hydrogen-bond acceptors (Lipinski definition) is 6. The molecule has 0 aromatic rings. The van der Waals surface area contributed by atoms with Gasteiger partial charge < -0.3 is 14.6 Å². The molecule has 5 aliphatic carbocycles. The van der Waals surface area contributed by atoms with Crippen LogP contribution in [0.25, 0.3) is 0 Å². The highest BCUT2D eigenvalue weighted by Gasteiger charge is 2.71. The molecular weight excluding hydrogens is 676 g/mol. The number of hydrogen-bond donors (Lipinski definition) is 1. The minimum Gasteiger partial charge on any atom is -0.481 e. The summed E-state index contributed by atoms with van der Waals surface area (Å²) < 4.78 is 39.4. The average molecular weight is 746 g/mol. The number of carboxylic acid groups (broad SMARTS) is 1. The van der Waals surface area contributed by atoms with Crippen molar-refractivity contribution in [1.82, 2.24) is 4.90 Å². The largest absolute Gasteiger partial charge is 0.481 e. The third-order valence-corrected chi connectivity index (χ3v) is 17.4. The summed E-state index contributed by atoms with van der Waals surface area (Å²) in [4.78, 5) is 39.5. The number of alkyl halides is 2. The number of aliphatic carboxylic acids is 1. The summed E-state index contributed by atoms with van der Waals surface area (Å²) in [5.41, 5.74) is 0.466. The predicted molar refractivity (Wildman–Crippen MR) is 201 cm³/mol. The van der Waals surface area contributed by atoms with Gasteiger partial charge in [-0.05, 0) is 143 Å². The van der Waals surface area contributed by atoms with Gasteiger partial charge in [0.2, 0.25) is 0 Å². The van der Waals surface area contributed by atoms with E-state index in [1.165, 1.54) is 24.8 Å². The number of halogens is 2. The minimum atomic E-state index is -2.63. The number of fused-ring (bicyclic) bond motifs is 7. The van der Waals surface area contributed by atoms with Gasteiger partial charge in [-0.25, -0.2) is 8.78 Å². The van der Waals surface area contributed by atoms with Crippen LogP contribution >= 0.6 is 0 Å². The van der Waals surface area contributed by atoms with E-state index in [1.807, 2.05) is 0 Å². The van der Waals surface area contributed by atoms with Crippen LogP contribution in [0.15, 0.2) is 12.2 Å². The van der Waals surface area contributed by atoms with Gasteiger partial charge in [0, 0.05) is 31.3 Å². The van der Waals surface area contributed by atoms with Crippen molar-refractivity contribution in [2.75, 3.05) is 26.2 Å². The SMILES string of the molecule is C=C(C)[C@@H]1CC[C@]2(CCOC(=O)CN3CCC(F)(F)CC3)CC[C@]3(C)[C@H](CC[C@@H]4[C@@]5(C)CC[C@H](OC(=O)CC(C)(C)C(=O)O)C(C)(C)[C@@H]5CC[C@]43C)[C@@H]12. The summed E-state index contributed by atoms with van der Waals surface area (Å²) in [6, 6.07) is 0. The predicted octanol–water partition coefficient (Wildman–Crippen LogP) is 9.72. The first-order chi connectivity index (χ1) is 24.5.